The number of hydrogen-bond donors (Lipinski definition) is 3. The molecule has 6 heteroatoms. The maximum Gasteiger partial charge on any atom is 0.319 e. The Morgan fingerprint density at radius 1 is 1.23 bits per heavy atom. The number of benzene rings is 1. The molecule has 0 spiro atoms. The Morgan fingerprint density at radius 2 is 2.00 bits per heavy atom. The summed E-state index contributed by atoms with van der Waals surface area (Å²) in [6, 6.07) is 12.6. The van der Waals surface area contributed by atoms with E-state index in [1.54, 1.807) is 12.3 Å². The van der Waals surface area contributed by atoms with Crippen LogP contribution in [0.1, 0.15) is 18.7 Å². The Morgan fingerprint density at radius 3 is 2.68 bits per heavy atom. The summed E-state index contributed by atoms with van der Waals surface area (Å²) >= 11 is 5.52. The first kappa shape index (κ1) is 14.3. The van der Waals surface area contributed by atoms with Crippen LogP contribution in [0, 0.1) is 0 Å². The van der Waals surface area contributed by atoms with Gasteiger partial charge in [-0.15, -0.1) is 0 Å². The monoisotopic (exact) mass is 313 g/mol. The van der Waals surface area contributed by atoms with Crippen LogP contribution in [0.5, 0.6) is 0 Å². The SMILES string of the molecule is CC1=C(C(=S)Nc2ccccc2)[C@H](c2ccco2)NC(=O)N1. The number of furan rings is 1. The van der Waals surface area contributed by atoms with Crippen LogP contribution in [0.3, 0.4) is 0 Å². The third-order valence-electron chi connectivity index (χ3n) is 3.37. The highest BCUT2D eigenvalue weighted by atomic mass is 32.1. The standard InChI is InChI=1S/C16H15N3O2S/c1-10-13(15(22)18-11-6-3-2-4-7-11)14(19-16(20)17-10)12-8-5-9-21-12/h2-9,14H,1H3,(H,18,22)(H2,17,19,20)/t14-/m0/s1. The highest BCUT2D eigenvalue weighted by Crippen LogP contribution is 2.28. The van der Waals surface area contributed by atoms with E-state index >= 15 is 0 Å². The van der Waals surface area contributed by atoms with Crippen LogP contribution in [0.25, 0.3) is 0 Å². The van der Waals surface area contributed by atoms with Crippen LogP contribution in [0.4, 0.5) is 10.5 Å². The molecule has 0 saturated heterocycles. The second-order valence-corrected chi connectivity index (χ2v) is 5.31. The number of urea groups is 1. The lowest BCUT2D eigenvalue weighted by atomic mass is 10.0. The topological polar surface area (TPSA) is 66.3 Å². The molecular weight excluding hydrogens is 298 g/mol. The molecule has 1 aromatic carbocycles. The molecule has 0 fully saturated rings. The Bertz CT molecular complexity index is 723. The second kappa shape index (κ2) is 6.03. The maximum absolute atomic E-state index is 11.7. The Hall–Kier alpha value is -2.60. The van der Waals surface area contributed by atoms with E-state index in [1.165, 1.54) is 0 Å². The van der Waals surface area contributed by atoms with Crippen molar-refractivity contribution in [3.8, 4) is 0 Å². The van der Waals surface area contributed by atoms with Gasteiger partial charge in [-0.3, -0.25) is 0 Å². The fourth-order valence-electron chi connectivity index (χ4n) is 2.38. The van der Waals surface area contributed by atoms with Gasteiger partial charge in [0.2, 0.25) is 0 Å². The van der Waals surface area contributed by atoms with E-state index in [0.29, 0.717) is 16.4 Å². The van der Waals surface area contributed by atoms with Crippen molar-refractivity contribution in [1.29, 1.82) is 0 Å². The van der Waals surface area contributed by atoms with Crippen LogP contribution < -0.4 is 16.0 Å². The zero-order chi connectivity index (χ0) is 15.5. The lowest BCUT2D eigenvalue weighted by Crippen LogP contribution is -2.45. The molecule has 0 saturated carbocycles. The van der Waals surface area contributed by atoms with Crippen LogP contribution in [-0.4, -0.2) is 11.0 Å². The minimum atomic E-state index is -0.410. The zero-order valence-corrected chi connectivity index (χ0v) is 12.7. The molecule has 1 aromatic heterocycles. The van der Waals surface area contributed by atoms with Crippen LogP contribution in [0.15, 0.2) is 64.4 Å². The average Bonchev–Trinajstić information content (AvgIpc) is 3.01. The van der Waals surface area contributed by atoms with Gasteiger partial charge in [0.1, 0.15) is 16.8 Å². The summed E-state index contributed by atoms with van der Waals surface area (Å²) in [5.74, 6) is 0.640. The highest BCUT2D eigenvalue weighted by molar-refractivity contribution is 7.81. The second-order valence-electron chi connectivity index (χ2n) is 4.91. The van der Waals surface area contributed by atoms with E-state index in [9.17, 15) is 4.79 Å². The molecule has 2 heterocycles. The summed E-state index contributed by atoms with van der Waals surface area (Å²) in [6.45, 7) is 1.82. The lowest BCUT2D eigenvalue weighted by Gasteiger charge is -2.28. The number of carbonyl (C=O) groups is 1. The number of nitrogens with one attached hydrogen (secondary N) is 3. The Balaban J connectivity index is 1.92. The van der Waals surface area contributed by atoms with Gasteiger partial charge >= 0.3 is 6.03 Å². The highest BCUT2D eigenvalue weighted by Gasteiger charge is 2.30. The molecule has 0 unspecified atom stereocenters. The van der Waals surface area contributed by atoms with Crippen LogP contribution in [0.2, 0.25) is 0 Å². The molecule has 1 aliphatic rings. The number of allylic oxidation sites excluding steroid dienone is 1. The first-order valence-electron chi connectivity index (χ1n) is 6.83. The molecule has 2 amide bonds. The summed E-state index contributed by atoms with van der Waals surface area (Å²) < 4.78 is 5.44. The van der Waals surface area contributed by atoms with E-state index in [1.807, 2.05) is 43.3 Å². The van der Waals surface area contributed by atoms with Gasteiger partial charge in [-0.2, -0.15) is 0 Å². The largest absolute Gasteiger partial charge is 0.467 e. The van der Waals surface area contributed by atoms with E-state index in [4.69, 9.17) is 16.6 Å². The predicted molar refractivity (Wildman–Crippen MR) is 88.5 cm³/mol. The fraction of sp³-hybridized carbons (Fsp3) is 0.125. The van der Waals surface area contributed by atoms with E-state index < -0.39 is 6.04 Å². The number of amides is 2. The van der Waals surface area contributed by atoms with Gasteiger partial charge in [-0.25, -0.2) is 4.79 Å². The van der Waals surface area contributed by atoms with Crippen molar-refractivity contribution in [2.75, 3.05) is 5.32 Å². The molecule has 5 nitrogen and oxygen atoms in total. The van der Waals surface area contributed by atoms with Crippen molar-refractivity contribution in [3.63, 3.8) is 0 Å². The van der Waals surface area contributed by atoms with Crippen molar-refractivity contribution in [2.45, 2.75) is 13.0 Å². The summed E-state index contributed by atoms with van der Waals surface area (Å²) in [4.78, 5) is 12.3. The minimum Gasteiger partial charge on any atom is -0.467 e. The predicted octanol–water partition coefficient (Wildman–Crippen LogP) is 3.35. The Labute approximate surface area is 133 Å². The molecule has 3 N–H and O–H groups in total. The number of rotatable bonds is 3. The number of anilines is 1. The van der Waals surface area contributed by atoms with Crippen molar-refractivity contribution >= 4 is 28.9 Å². The van der Waals surface area contributed by atoms with Gasteiger partial charge in [0, 0.05) is 17.0 Å². The van der Waals surface area contributed by atoms with Crippen molar-refractivity contribution < 1.29 is 9.21 Å². The molecule has 3 rings (SSSR count). The molecule has 112 valence electrons. The summed E-state index contributed by atoms with van der Waals surface area (Å²) in [7, 11) is 0. The number of thiocarbonyl (C=S) groups is 1. The molecule has 0 bridgehead atoms. The van der Waals surface area contributed by atoms with Gasteiger partial charge in [0.25, 0.3) is 0 Å². The van der Waals surface area contributed by atoms with E-state index in [0.717, 1.165) is 11.3 Å². The fourth-order valence-corrected chi connectivity index (χ4v) is 2.77. The third kappa shape index (κ3) is 2.87. The summed E-state index contributed by atoms with van der Waals surface area (Å²) in [5.41, 5.74) is 2.38. The lowest BCUT2D eigenvalue weighted by molar-refractivity contribution is 0.237. The minimum absolute atomic E-state index is 0.273. The normalized spacial score (nSPS) is 17.7. The molecule has 1 aliphatic heterocycles. The van der Waals surface area contributed by atoms with E-state index in [-0.39, 0.29) is 6.03 Å². The summed E-state index contributed by atoms with van der Waals surface area (Å²) in [5, 5.41) is 8.77. The summed E-state index contributed by atoms with van der Waals surface area (Å²) in [6.07, 6.45) is 1.57. The van der Waals surface area contributed by atoms with Crippen LogP contribution >= 0.6 is 12.2 Å². The zero-order valence-electron chi connectivity index (χ0n) is 11.9. The average molecular weight is 313 g/mol. The van der Waals surface area contributed by atoms with Gasteiger partial charge in [0.05, 0.1) is 6.26 Å². The molecular formula is C16H15N3O2S. The smallest absolute Gasteiger partial charge is 0.319 e. The number of para-hydroxylation sites is 1. The molecule has 0 aliphatic carbocycles. The van der Waals surface area contributed by atoms with Gasteiger partial charge in [-0.05, 0) is 31.2 Å². The molecule has 0 radical (unpaired) electrons. The first-order valence-corrected chi connectivity index (χ1v) is 7.24. The van der Waals surface area contributed by atoms with Gasteiger partial charge < -0.3 is 20.4 Å². The van der Waals surface area contributed by atoms with Crippen molar-refractivity contribution in [1.82, 2.24) is 10.6 Å². The molecule has 22 heavy (non-hydrogen) atoms. The molecule has 2 aromatic rings. The number of hydrogen-bond acceptors (Lipinski definition) is 3. The first-order chi connectivity index (χ1) is 10.6. The van der Waals surface area contributed by atoms with Gasteiger partial charge in [0.15, 0.2) is 0 Å². The van der Waals surface area contributed by atoms with Crippen molar-refractivity contribution in [3.05, 3.63) is 65.8 Å². The van der Waals surface area contributed by atoms with Crippen LogP contribution in [-0.2, 0) is 0 Å². The van der Waals surface area contributed by atoms with E-state index in [2.05, 4.69) is 16.0 Å². The maximum atomic E-state index is 11.7. The van der Waals surface area contributed by atoms with Gasteiger partial charge in [-0.1, -0.05) is 30.4 Å². The number of carbonyl (C=O) groups excluding carboxylic acids is 1. The van der Waals surface area contributed by atoms with Crippen molar-refractivity contribution in [2.24, 2.45) is 0 Å². The third-order valence-corrected chi connectivity index (χ3v) is 3.70. The molecule has 1 atom stereocenters. The Kier molecular flexibility index (Phi) is 3.93. The quantitative estimate of drug-likeness (QED) is 0.760.